The molecule has 28 heavy (non-hydrogen) atoms. The number of carbonyl (C=O) groups is 2. The Labute approximate surface area is 164 Å². The molecule has 1 saturated heterocycles. The maximum atomic E-state index is 13.4. The van der Waals surface area contributed by atoms with Gasteiger partial charge in [0.2, 0.25) is 0 Å². The molecule has 1 aromatic carbocycles. The van der Waals surface area contributed by atoms with Crippen LogP contribution in [0.4, 0.5) is 0 Å². The first-order valence-corrected chi connectivity index (χ1v) is 9.70. The number of allylic oxidation sites excluding steroid dienone is 1. The Balaban J connectivity index is 2.03. The van der Waals surface area contributed by atoms with Crippen LogP contribution in [-0.2, 0) is 31.0 Å². The van der Waals surface area contributed by atoms with Gasteiger partial charge in [-0.2, -0.15) is 0 Å². The average Bonchev–Trinajstić information content (AvgIpc) is 3.05. The number of fused-ring (bicyclic) bond motifs is 3. The summed E-state index contributed by atoms with van der Waals surface area (Å²) >= 11 is 0. The summed E-state index contributed by atoms with van der Waals surface area (Å²) in [6.07, 6.45) is 2.90. The topological polar surface area (TPSA) is 71.6 Å². The van der Waals surface area contributed by atoms with Crippen molar-refractivity contribution in [2.45, 2.75) is 32.2 Å². The number of nitrogens with zero attached hydrogens (tertiary/aromatic N) is 1. The summed E-state index contributed by atoms with van der Waals surface area (Å²) in [5, 5.41) is 1.10. The van der Waals surface area contributed by atoms with Gasteiger partial charge in [0.25, 0.3) is 0 Å². The smallest absolute Gasteiger partial charge is 0.321 e. The van der Waals surface area contributed by atoms with E-state index in [1.165, 1.54) is 19.6 Å². The van der Waals surface area contributed by atoms with E-state index < -0.39 is 11.4 Å². The van der Waals surface area contributed by atoms with E-state index in [0.29, 0.717) is 0 Å². The highest BCUT2D eigenvalue weighted by Crippen LogP contribution is 2.47. The van der Waals surface area contributed by atoms with Crippen LogP contribution >= 0.6 is 0 Å². The Bertz CT molecular complexity index is 961. The molecule has 0 saturated carbocycles. The van der Waals surface area contributed by atoms with Crippen LogP contribution in [0.1, 0.15) is 31.5 Å². The number of piperidine rings is 1. The van der Waals surface area contributed by atoms with Crippen LogP contribution in [0.3, 0.4) is 0 Å². The highest BCUT2D eigenvalue weighted by Gasteiger charge is 2.55. The number of benzene rings is 1. The van der Waals surface area contributed by atoms with Gasteiger partial charge in [-0.25, -0.2) is 0 Å². The summed E-state index contributed by atoms with van der Waals surface area (Å²) in [6.45, 7) is 5.78. The van der Waals surface area contributed by atoms with Crippen LogP contribution in [0.5, 0.6) is 0 Å². The van der Waals surface area contributed by atoms with Crippen molar-refractivity contribution >= 4 is 22.8 Å². The minimum atomic E-state index is -1.08. The van der Waals surface area contributed by atoms with Crippen LogP contribution in [0.25, 0.3) is 10.9 Å². The standard InChI is InChI=1S/C22H26N2O4/c1-4-15-11-24-10-9-18(15)22(21(26)27-3,13-28-14(2)25)20-17(12-24)16-7-5-6-8-19(16)23-20/h4-8,18,23H,9-13H2,1-3H3/b15-4+. The molecule has 3 unspecified atom stereocenters. The van der Waals surface area contributed by atoms with Crippen LogP contribution in [0.15, 0.2) is 35.9 Å². The number of carbonyl (C=O) groups excluding carboxylic acids is 2. The number of hydrogen-bond donors (Lipinski definition) is 1. The molecule has 5 rings (SSSR count). The highest BCUT2D eigenvalue weighted by atomic mass is 16.5. The predicted molar refractivity (Wildman–Crippen MR) is 106 cm³/mol. The largest absolute Gasteiger partial charge is 0.468 e. The molecular weight excluding hydrogens is 356 g/mol. The van der Waals surface area contributed by atoms with E-state index in [9.17, 15) is 9.59 Å². The SMILES string of the molecule is C/C=C1\CN2CCC1C(COC(C)=O)(C(=O)OC)c1[nH]c3ccccc3c1C2. The number of hydrogen-bond acceptors (Lipinski definition) is 5. The molecule has 1 aromatic heterocycles. The summed E-state index contributed by atoms with van der Waals surface area (Å²) in [5.74, 6) is -0.851. The third-order valence-electron chi connectivity index (χ3n) is 6.25. The maximum absolute atomic E-state index is 13.4. The monoisotopic (exact) mass is 382 g/mol. The lowest BCUT2D eigenvalue weighted by atomic mass is 9.65. The molecule has 4 heterocycles. The molecule has 0 radical (unpaired) electrons. The van der Waals surface area contributed by atoms with Gasteiger partial charge in [0.05, 0.1) is 7.11 Å². The molecule has 3 atom stereocenters. The lowest BCUT2D eigenvalue weighted by Crippen LogP contribution is -2.55. The van der Waals surface area contributed by atoms with Gasteiger partial charge in [-0.3, -0.25) is 14.5 Å². The van der Waals surface area contributed by atoms with E-state index in [4.69, 9.17) is 9.47 Å². The highest BCUT2D eigenvalue weighted by molar-refractivity contribution is 5.91. The number of H-pyrrole nitrogens is 1. The Hall–Kier alpha value is -2.60. The van der Waals surface area contributed by atoms with Crippen molar-refractivity contribution in [2.75, 3.05) is 26.8 Å². The van der Waals surface area contributed by atoms with Crippen molar-refractivity contribution in [2.24, 2.45) is 5.92 Å². The molecule has 6 heteroatoms. The van der Waals surface area contributed by atoms with E-state index in [1.54, 1.807) is 0 Å². The Morgan fingerprint density at radius 1 is 1.32 bits per heavy atom. The van der Waals surface area contributed by atoms with Gasteiger partial charge >= 0.3 is 11.9 Å². The molecule has 148 valence electrons. The second kappa shape index (κ2) is 7.09. The van der Waals surface area contributed by atoms with Gasteiger partial charge < -0.3 is 14.5 Å². The molecule has 0 spiro atoms. The predicted octanol–water partition coefficient (Wildman–Crippen LogP) is 2.92. The van der Waals surface area contributed by atoms with Crippen molar-refractivity contribution in [1.29, 1.82) is 0 Å². The molecule has 6 nitrogen and oxygen atoms in total. The molecule has 2 bridgehead atoms. The first-order valence-electron chi connectivity index (χ1n) is 9.70. The molecule has 2 aromatic rings. The number of rotatable bonds is 3. The third kappa shape index (κ3) is 2.75. The maximum Gasteiger partial charge on any atom is 0.321 e. The van der Waals surface area contributed by atoms with Gasteiger partial charge in [-0.15, -0.1) is 0 Å². The fraction of sp³-hybridized carbons (Fsp3) is 0.455. The number of aromatic amines is 1. The second-order valence-corrected chi connectivity index (χ2v) is 7.68. The third-order valence-corrected chi connectivity index (χ3v) is 6.25. The molecular formula is C22H26N2O4. The number of ether oxygens (including phenoxy) is 2. The zero-order valence-electron chi connectivity index (χ0n) is 16.6. The molecule has 1 N–H and O–H groups in total. The first-order chi connectivity index (χ1) is 13.5. The van der Waals surface area contributed by atoms with E-state index in [-0.39, 0.29) is 18.5 Å². The van der Waals surface area contributed by atoms with Crippen molar-refractivity contribution in [3.8, 4) is 0 Å². The van der Waals surface area contributed by atoms with E-state index >= 15 is 0 Å². The van der Waals surface area contributed by atoms with Gasteiger partial charge in [0.1, 0.15) is 12.0 Å². The quantitative estimate of drug-likeness (QED) is 0.653. The van der Waals surface area contributed by atoms with Crippen LogP contribution in [0.2, 0.25) is 0 Å². The number of aromatic nitrogens is 1. The number of para-hydroxylation sites is 1. The lowest BCUT2D eigenvalue weighted by Gasteiger charge is -2.46. The zero-order chi connectivity index (χ0) is 19.9. The summed E-state index contributed by atoms with van der Waals surface area (Å²) in [7, 11) is 1.41. The van der Waals surface area contributed by atoms with Crippen molar-refractivity contribution in [3.05, 3.63) is 47.2 Å². The van der Waals surface area contributed by atoms with E-state index in [0.717, 1.165) is 48.2 Å². The minimum absolute atomic E-state index is 0.0309. The van der Waals surface area contributed by atoms with Crippen LogP contribution in [0, 0.1) is 5.92 Å². The summed E-state index contributed by atoms with van der Waals surface area (Å²) in [5.41, 5.74) is 2.99. The van der Waals surface area contributed by atoms with Crippen molar-refractivity contribution in [3.63, 3.8) is 0 Å². The van der Waals surface area contributed by atoms with E-state index in [2.05, 4.69) is 22.0 Å². The van der Waals surface area contributed by atoms with Crippen LogP contribution < -0.4 is 0 Å². The fourth-order valence-electron chi connectivity index (χ4n) is 4.95. The van der Waals surface area contributed by atoms with Crippen molar-refractivity contribution in [1.82, 2.24) is 9.88 Å². The first kappa shape index (κ1) is 18.7. The molecule has 3 aliphatic heterocycles. The second-order valence-electron chi connectivity index (χ2n) is 7.68. The number of esters is 2. The molecule has 3 aliphatic rings. The Morgan fingerprint density at radius 3 is 2.82 bits per heavy atom. The minimum Gasteiger partial charge on any atom is -0.468 e. The molecule has 1 fully saturated rings. The molecule has 0 aliphatic carbocycles. The summed E-state index contributed by atoms with van der Waals surface area (Å²) in [6, 6.07) is 8.07. The molecule has 0 amide bonds. The van der Waals surface area contributed by atoms with Gasteiger partial charge in [-0.1, -0.05) is 29.8 Å². The van der Waals surface area contributed by atoms with E-state index in [1.807, 2.05) is 25.1 Å². The van der Waals surface area contributed by atoms with Crippen molar-refractivity contribution < 1.29 is 19.1 Å². The lowest BCUT2D eigenvalue weighted by molar-refractivity contribution is -0.158. The average molecular weight is 382 g/mol. The Kier molecular flexibility index (Phi) is 4.75. The summed E-state index contributed by atoms with van der Waals surface area (Å²) < 4.78 is 10.8. The Morgan fingerprint density at radius 2 is 2.11 bits per heavy atom. The van der Waals surface area contributed by atoms with Gasteiger partial charge in [0, 0.05) is 42.5 Å². The van der Waals surface area contributed by atoms with Gasteiger partial charge in [-0.05, 0) is 31.5 Å². The number of methoxy groups -OCH3 is 1. The number of nitrogens with one attached hydrogen (secondary N) is 1. The zero-order valence-corrected chi connectivity index (χ0v) is 16.6. The summed E-state index contributed by atoms with van der Waals surface area (Å²) in [4.78, 5) is 31.0. The fourth-order valence-corrected chi connectivity index (χ4v) is 4.95. The van der Waals surface area contributed by atoms with Gasteiger partial charge in [0.15, 0.2) is 0 Å². The van der Waals surface area contributed by atoms with Crippen LogP contribution in [-0.4, -0.2) is 48.6 Å². The normalized spacial score (nSPS) is 27.9.